The molecule has 0 radical (unpaired) electrons. The van der Waals surface area contributed by atoms with Gasteiger partial charge in [0.05, 0.1) is 11.1 Å². The summed E-state index contributed by atoms with van der Waals surface area (Å²) in [6, 6.07) is 11.7. The topological polar surface area (TPSA) is 49.1 Å². The molecule has 1 aliphatic heterocycles. The van der Waals surface area contributed by atoms with Crippen molar-refractivity contribution in [1.29, 1.82) is 5.26 Å². The number of nitrogens with zero attached hydrogens (tertiary/aromatic N) is 3. The largest absolute Gasteiger partial charge is 0.474 e. The quantitative estimate of drug-likeness (QED) is 0.839. The number of hydrogen-bond donors (Lipinski definition) is 0. The fourth-order valence-electron chi connectivity index (χ4n) is 2.58. The van der Waals surface area contributed by atoms with Crippen LogP contribution in [0.5, 0.6) is 5.88 Å². The summed E-state index contributed by atoms with van der Waals surface area (Å²) in [5.74, 6) is 0.565. The minimum absolute atomic E-state index is 0.200. The van der Waals surface area contributed by atoms with Gasteiger partial charge in [0, 0.05) is 24.5 Å². The maximum Gasteiger partial charge on any atom is 0.215 e. The van der Waals surface area contributed by atoms with Crippen LogP contribution in [0.25, 0.3) is 10.9 Å². The summed E-state index contributed by atoms with van der Waals surface area (Å²) in [6.45, 7) is 2.09. The SMILES string of the molecule is CN1CCC(Oc2cc(C#N)c3ccccc3n2)CC1. The molecule has 0 saturated carbocycles. The van der Waals surface area contributed by atoms with E-state index in [1.807, 2.05) is 24.3 Å². The van der Waals surface area contributed by atoms with Crippen molar-refractivity contribution >= 4 is 10.9 Å². The van der Waals surface area contributed by atoms with Crippen molar-refractivity contribution in [3.63, 3.8) is 0 Å². The van der Waals surface area contributed by atoms with E-state index in [2.05, 4.69) is 23.0 Å². The number of ether oxygens (including phenoxy) is 1. The lowest BCUT2D eigenvalue weighted by atomic mass is 10.1. The van der Waals surface area contributed by atoms with Gasteiger partial charge in [0.15, 0.2) is 0 Å². The van der Waals surface area contributed by atoms with E-state index >= 15 is 0 Å². The summed E-state index contributed by atoms with van der Waals surface area (Å²) >= 11 is 0. The van der Waals surface area contributed by atoms with Crippen LogP contribution in [0.4, 0.5) is 0 Å². The first kappa shape index (κ1) is 12.9. The molecule has 1 fully saturated rings. The fraction of sp³-hybridized carbons (Fsp3) is 0.375. The number of para-hydroxylation sites is 1. The lowest BCUT2D eigenvalue weighted by Gasteiger charge is -2.29. The number of nitriles is 1. The van der Waals surface area contributed by atoms with Gasteiger partial charge in [-0.05, 0) is 26.0 Å². The third-order valence-corrected chi connectivity index (χ3v) is 3.77. The summed E-state index contributed by atoms with van der Waals surface area (Å²) < 4.78 is 5.97. The molecule has 102 valence electrons. The summed E-state index contributed by atoms with van der Waals surface area (Å²) in [7, 11) is 2.12. The van der Waals surface area contributed by atoms with Gasteiger partial charge >= 0.3 is 0 Å². The summed E-state index contributed by atoms with van der Waals surface area (Å²) in [5, 5.41) is 10.1. The van der Waals surface area contributed by atoms with E-state index in [1.54, 1.807) is 6.07 Å². The van der Waals surface area contributed by atoms with Crippen molar-refractivity contribution < 1.29 is 4.74 Å². The monoisotopic (exact) mass is 267 g/mol. The molecule has 2 aromatic rings. The van der Waals surface area contributed by atoms with Gasteiger partial charge in [-0.1, -0.05) is 18.2 Å². The predicted octanol–water partition coefficient (Wildman–Crippen LogP) is 2.58. The molecule has 0 unspecified atom stereocenters. The molecule has 0 aliphatic carbocycles. The molecular weight excluding hydrogens is 250 g/mol. The molecule has 3 rings (SSSR count). The Morgan fingerprint density at radius 3 is 2.80 bits per heavy atom. The first-order valence-corrected chi connectivity index (χ1v) is 6.91. The van der Waals surface area contributed by atoms with E-state index in [0.717, 1.165) is 36.8 Å². The third-order valence-electron chi connectivity index (χ3n) is 3.77. The van der Waals surface area contributed by atoms with Crippen molar-refractivity contribution in [3.8, 4) is 11.9 Å². The zero-order valence-corrected chi connectivity index (χ0v) is 11.5. The van der Waals surface area contributed by atoms with Crippen LogP contribution >= 0.6 is 0 Å². The first-order chi connectivity index (χ1) is 9.76. The van der Waals surface area contributed by atoms with Gasteiger partial charge in [-0.3, -0.25) is 0 Å². The maximum atomic E-state index is 9.26. The highest BCUT2D eigenvalue weighted by molar-refractivity contribution is 5.85. The molecule has 2 heterocycles. The van der Waals surface area contributed by atoms with Crippen molar-refractivity contribution in [2.24, 2.45) is 0 Å². The summed E-state index contributed by atoms with van der Waals surface area (Å²) in [6.07, 6.45) is 2.21. The molecule has 20 heavy (non-hydrogen) atoms. The van der Waals surface area contributed by atoms with Gasteiger partial charge in [-0.2, -0.15) is 5.26 Å². The van der Waals surface area contributed by atoms with E-state index in [9.17, 15) is 5.26 Å². The van der Waals surface area contributed by atoms with Crippen LogP contribution in [0.2, 0.25) is 0 Å². The van der Waals surface area contributed by atoms with Crippen LogP contribution in [0.3, 0.4) is 0 Å². The molecule has 0 bridgehead atoms. The lowest BCUT2D eigenvalue weighted by Crippen LogP contribution is -2.35. The van der Waals surface area contributed by atoms with Crippen molar-refractivity contribution in [2.75, 3.05) is 20.1 Å². The van der Waals surface area contributed by atoms with Gasteiger partial charge in [-0.25, -0.2) is 4.98 Å². The normalized spacial score (nSPS) is 17.0. The molecule has 0 atom stereocenters. The molecule has 0 N–H and O–H groups in total. The average molecular weight is 267 g/mol. The smallest absolute Gasteiger partial charge is 0.215 e. The van der Waals surface area contributed by atoms with E-state index < -0.39 is 0 Å². The number of piperidine rings is 1. The third kappa shape index (κ3) is 2.59. The molecule has 4 heteroatoms. The molecule has 1 saturated heterocycles. The number of benzene rings is 1. The van der Waals surface area contributed by atoms with E-state index in [4.69, 9.17) is 4.74 Å². The Bertz CT molecular complexity index is 654. The number of rotatable bonds is 2. The van der Waals surface area contributed by atoms with Crippen LogP contribution in [-0.4, -0.2) is 36.1 Å². The van der Waals surface area contributed by atoms with Crippen LogP contribution in [0.1, 0.15) is 18.4 Å². The average Bonchev–Trinajstić information content (AvgIpc) is 2.49. The Labute approximate surface area is 118 Å². The van der Waals surface area contributed by atoms with Crippen LogP contribution in [0.15, 0.2) is 30.3 Å². The lowest BCUT2D eigenvalue weighted by molar-refractivity contribution is 0.110. The van der Waals surface area contributed by atoms with Gasteiger partial charge in [0.2, 0.25) is 5.88 Å². The molecule has 1 aromatic heterocycles. The zero-order chi connectivity index (χ0) is 13.9. The second-order valence-corrected chi connectivity index (χ2v) is 5.26. The van der Waals surface area contributed by atoms with Crippen molar-refractivity contribution in [1.82, 2.24) is 9.88 Å². The highest BCUT2D eigenvalue weighted by atomic mass is 16.5. The number of likely N-dealkylation sites (tertiary alicyclic amines) is 1. The van der Waals surface area contributed by atoms with Crippen molar-refractivity contribution in [3.05, 3.63) is 35.9 Å². The Balaban J connectivity index is 1.87. The van der Waals surface area contributed by atoms with Crippen LogP contribution < -0.4 is 4.74 Å². The van der Waals surface area contributed by atoms with E-state index in [1.165, 1.54) is 0 Å². The Morgan fingerprint density at radius 1 is 1.30 bits per heavy atom. The molecular formula is C16H17N3O. The molecule has 1 aromatic carbocycles. The fourth-order valence-corrected chi connectivity index (χ4v) is 2.58. The molecule has 0 spiro atoms. The van der Waals surface area contributed by atoms with Crippen molar-refractivity contribution in [2.45, 2.75) is 18.9 Å². The first-order valence-electron chi connectivity index (χ1n) is 6.91. The summed E-state index contributed by atoms with van der Waals surface area (Å²) in [5.41, 5.74) is 1.44. The molecule has 1 aliphatic rings. The Hall–Kier alpha value is -2.12. The van der Waals surface area contributed by atoms with E-state index in [-0.39, 0.29) is 6.10 Å². The zero-order valence-electron chi connectivity index (χ0n) is 11.5. The van der Waals surface area contributed by atoms with Crippen LogP contribution in [0, 0.1) is 11.3 Å². The Morgan fingerprint density at radius 2 is 2.05 bits per heavy atom. The number of pyridine rings is 1. The number of fused-ring (bicyclic) bond motifs is 1. The highest BCUT2D eigenvalue weighted by Crippen LogP contribution is 2.23. The predicted molar refractivity (Wildman–Crippen MR) is 77.6 cm³/mol. The second-order valence-electron chi connectivity index (χ2n) is 5.26. The second kappa shape index (κ2) is 5.48. The highest BCUT2D eigenvalue weighted by Gasteiger charge is 2.19. The standard InChI is InChI=1S/C16H17N3O/c1-19-8-6-13(7-9-19)20-16-10-12(11-17)14-4-2-3-5-15(14)18-16/h2-5,10,13H,6-9H2,1H3. The number of aromatic nitrogens is 1. The molecule has 4 nitrogen and oxygen atoms in total. The minimum Gasteiger partial charge on any atom is -0.474 e. The maximum absolute atomic E-state index is 9.26. The molecule has 0 amide bonds. The van der Waals surface area contributed by atoms with E-state index in [0.29, 0.717) is 11.4 Å². The minimum atomic E-state index is 0.200. The van der Waals surface area contributed by atoms with Gasteiger partial charge in [-0.15, -0.1) is 0 Å². The number of hydrogen-bond acceptors (Lipinski definition) is 4. The van der Waals surface area contributed by atoms with Gasteiger partial charge in [0.1, 0.15) is 12.2 Å². The van der Waals surface area contributed by atoms with Gasteiger partial charge < -0.3 is 9.64 Å². The summed E-state index contributed by atoms with van der Waals surface area (Å²) in [4.78, 5) is 6.81. The Kier molecular flexibility index (Phi) is 3.53. The van der Waals surface area contributed by atoms with Gasteiger partial charge in [0.25, 0.3) is 0 Å². The van der Waals surface area contributed by atoms with Crippen LogP contribution in [-0.2, 0) is 0 Å².